The molecule has 4 rings (SSSR count). The molecule has 0 radical (unpaired) electrons. The van der Waals surface area contributed by atoms with Gasteiger partial charge in [-0.05, 0) is 75.2 Å². The summed E-state index contributed by atoms with van der Waals surface area (Å²) < 4.78 is 5.77. The largest absolute Gasteiger partial charge is 0.491 e. The fraction of sp³-hybridized carbons (Fsp3) is 0.407. The van der Waals surface area contributed by atoms with Crippen LogP contribution in [0.2, 0.25) is 0 Å². The number of benzene rings is 2. The molecule has 0 saturated carbocycles. The quantitative estimate of drug-likeness (QED) is 0.627. The number of carbonyl (C=O) groups excluding carboxylic acids is 2. The third-order valence-electron chi connectivity index (χ3n) is 6.46. The van der Waals surface area contributed by atoms with Gasteiger partial charge in [0, 0.05) is 26.2 Å². The van der Waals surface area contributed by atoms with Crippen LogP contribution in [0.1, 0.15) is 37.5 Å². The summed E-state index contributed by atoms with van der Waals surface area (Å²) in [5, 5.41) is 0. The van der Waals surface area contributed by atoms with Crippen LogP contribution in [0.3, 0.4) is 0 Å². The van der Waals surface area contributed by atoms with E-state index < -0.39 is 0 Å². The highest BCUT2D eigenvalue weighted by Crippen LogP contribution is 2.36. The average Bonchev–Trinajstić information content (AvgIpc) is 3.06. The lowest BCUT2D eigenvalue weighted by atomic mass is 10.0. The van der Waals surface area contributed by atoms with Gasteiger partial charge < -0.3 is 14.5 Å². The lowest BCUT2D eigenvalue weighted by Gasteiger charge is -2.36. The van der Waals surface area contributed by atoms with Gasteiger partial charge in [0.1, 0.15) is 11.4 Å². The predicted octanol–water partition coefficient (Wildman–Crippen LogP) is 4.01. The molecule has 6 heteroatoms. The van der Waals surface area contributed by atoms with Crippen molar-refractivity contribution >= 4 is 23.1 Å². The zero-order valence-corrected chi connectivity index (χ0v) is 20.2. The minimum atomic E-state index is -0.270. The minimum absolute atomic E-state index is 0.0652. The molecule has 0 aliphatic carbocycles. The van der Waals surface area contributed by atoms with Gasteiger partial charge in [0.05, 0.1) is 17.4 Å². The summed E-state index contributed by atoms with van der Waals surface area (Å²) in [5.74, 6) is 0.231. The third-order valence-corrected chi connectivity index (χ3v) is 6.46. The highest BCUT2D eigenvalue weighted by molar-refractivity contribution is 6.45. The van der Waals surface area contributed by atoms with E-state index in [4.69, 9.17) is 4.74 Å². The van der Waals surface area contributed by atoms with Gasteiger partial charge in [-0.2, -0.15) is 0 Å². The summed E-state index contributed by atoms with van der Waals surface area (Å²) in [7, 11) is 0. The van der Waals surface area contributed by atoms with E-state index >= 15 is 0 Å². The molecule has 2 amide bonds. The molecule has 2 heterocycles. The Labute approximate surface area is 196 Å². The van der Waals surface area contributed by atoms with Crippen molar-refractivity contribution in [2.45, 2.75) is 40.7 Å². The molecule has 2 aromatic rings. The number of carbonyl (C=O) groups is 2. The van der Waals surface area contributed by atoms with E-state index in [2.05, 4.69) is 16.7 Å². The molecule has 0 bridgehead atoms. The van der Waals surface area contributed by atoms with Gasteiger partial charge in [0.15, 0.2) is 0 Å². The van der Waals surface area contributed by atoms with Crippen molar-refractivity contribution in [2.75, 3.05) is 37.6 Å². The van der Waals surface area contributed by atoms with Gasteiger partial charge in [-0.25, -0.2) is 4.90 Å². The highest BCUT2D eigenvalue weighted by atomic mass is 16.5. The molecule has 174 valence electrons. The van der Waals surface area contributed by atoms with E-state index in [1.165, 1.54) is 4.90 Å². The Morgan fingerprint density at radius 3 is 2.12 bits per heavy atom. The first-order valence-electron chi connectivity index (χ1n) is 11.7. The zero-order valence-electron chi connectivity index (χ0n) is 20.2. The van der Waals surface area contributed by atoms with Crippen molar-refractivity contribution in [3.05, 3.63) is 64.9 Å². The van der Waals surface area contributed by atoms with Gasteiger partial charge in [0.2, 0.25) is 0 Å². The Balaban J connectivity index is 1.75. The summed E-state index contributed by atoms with van der Waals surface area (Å²) in [6, 6.07) is 13.2. The van der Waals surface area contributed by atoms with Gasteiger partial charge in [0.25, 0.3) is 11.8 Å². The number of hydrogen-bond acceptors (Lipinski definition) is 5. The second kappa shape index (κ2) is 9.40. The Hall–Kier alpha value is -3.12. The van der Waals surface area contributed by atoms with Gasteiger partial charge in [-0.3, -0.25) is 9.59 Å². The molecule has 2 aliphatic rings. The molecule has 1 fully saturated rings. The molecular weight excluding hydrogens is 414 g/mol. The van der Waals surface area contributed by atoms with Crippen LogP contribution in [-0.2, 0) is 9.59 Å². The van der Waals surface area contributed by atoms with Crippen LogP contribution in [0.5, 0.6) is 5.75 Å². The lowest BCUT2D eigenvalue weighted by Crippen LogP contribution is -2.47. The summed E-state index contributed by atoms with van der Waals surface area (Å²) >= 11 is 0. The molecule has 0 aromatic heterocycles. The van der Waals surface area contributed by atoms with Crippen LogP contribution in [0, 0.1) is 13.8 Å². The molecule has 6 nitrogen and oxygen atoms in total. The number of anilines is 1. The Morgan fingerprint density at radius 2 is 1.55 bits per heavy atom. The molecule has 1 saturated heterocycles. The fourth-order valence-electron chi connectivity index (χ4n) is 4.43. The normalized spacial score (nSPS) is 17.5. The molecule has 0 atom stereocenters. The number of likely N-dealkylation sites (N-methyl/N-ethyl adjacent to an activating group) is 1. The molecule has 2 aliphatic heterocycles. The smallest absolute Gasteiger partial charge is 0.282 e. The first-order valence-corrected chi connectivity index (χ1v) is 11.7. The van der Waals surface area contributed by atoms with Gasteiger partial charge in [-0.1, -0.05) is 25.1 Å². The highest BCUT2D eigenvalue weighted by Gasteiger charge is 2.43. The maximum atomic E-state index is 13.7. The molecule has 0 spiro atoms. The fourth-order valence-corrected chi connectivity index (χ4v) is 4.43. The monoisotopic (exact) mass is 447 g/mol. The lowest BCUT2D eigenvalue weighted by molar-refractivity contribution is -0.120. The second-order valence-electron chi connectivity index (χ2n) is 9.05. The number of hydrogen-bond donors (Lipinski definition) is 0. The standard InChI is InChI=1S/C27H33N3O3/c1-6-28-13-15-29(16-14-28)25-24(21-8-11-23(12-9-21)33-18(2)3)26(31)30(27(25)32)22-10-7-19(4)20(5)17-22/h7-12,17-18H,6,13-16H2,1-5H3. The second-order valence-corrected chi connectivity index (χ2v) is 9.05. The van der Waals surface area contributed by atoms with E-state index in [-0.39, 0.29) is 17.9 Å². The van der Waals surface area contributed by atoms with Crippen LogP contribution in [0.15, 0.2) is 48.2 Å². The van der Waals surface area contributed by atoms with Crippen molar-refractivity contribution < 1.29 is 14.3 Å². The van der Waals surface area contributed by atoms with Crippen molar-refractivity contribution in [3.8, 4) is 5.75 Å². The molecular formula is C27H33N3O3. The molecule has 2 aromatic carbocycles. The maximum absolute atomic E-state index is 13.7. The molecule has 33 heavy (non-hydrogen) atoms. The number of ether oxygens (including phenoxy) is 1. The van der Waals surface area contributed by atoms with E-state index in [1.54, 1.807) is 0 Å². The van der Waals surface area contributed by atoms with E-state index in [0.717, 1.165) is 55.2 Å². The molecule has 0 unspecified atom stereocenters. The summed E-state index contributed by atoms with van der Waals surface area (Å²) in [5.41, 5.74) is 4.51. The number of aryl methyl sites for hydroxylation is 2. The first kappa shape index (κ1) is 23.1. The van der Waals surface area contributed by atoms with E-state index in [9.17, 15) is 9.59 Å². The van der Waals surface area contributed by atoms with Crippen LogP contribution in [-0.4, -0.2) is 60.4 Å². The Bertz CT molecular complexity index is 1080. The van der Waals surface area contributed by atoms with Crippen LogP contribution in [0.4, 0.5) is 5.69 Å². The van der Waals surface area contributed by atoms with Crippen molar-refractivity contribution in [2.24, 2.45) is 0 Å². The number of piperazine rings is 1. The third kappa shape index (κ3) is 4.53. The summed E-state index contributed by atoms with van der Waals surface area (Å²) in [4.78, 5) is 33.2. The maximum Gasteiger partial charge on any atom is 0.282 e. The predicted molar refractivity (Wildman–Crippen MR) is 131 cm³/mol. The van der Waals surface area contributed by atoms with Gasteiger partial charge in [-0.15, -0.1) is 0 Å². The topological polar surface area (TPSA) is 53.1 Å². The van der Waals surface area contributed by atoms with Crippen molar-refractivity contribution in [1.82, 2.24) is 9.80 Å². The zero-order chi connectivity index (χ0) is 23.7. The number of nitrogens with zero attached hydrogens (tertiary/aromatic N) is 3. The van der Waals surface area contributed by atoms with Crippen LogP contribution >= 0.6 is 0 Å². The minimum Gasteiger partial charge on any atom is -0.491 e. The number of imide groups is 1. The average molecular weight is 448 g/mol. The van der Waals surface area contributed by atoms with Crippen LogP contribution < -0.4 is 9.64 Å². The number of amides is 2. The molecule has 0 N–H and O–H groups in total. The SMILES string of the molecule is CCN1CCN(C2=C(c3ccc(OC(C)C)cc3)C(=O)N(c3ccc(C)c(C)c3)C2=O)CC1. The summed E-state index contributed by atoms with van der Waals surface area (Å²) in [6.07, 6.45) is 0.0652. The first-order chi connectivity index (χ1) is 15.8. The Morgan fingerprint density at radius 1 is 0.879 bits per heavy atom. The van der Waals surface area contributed by atoms with Gasteiger partial charge >= 0.3 is 0 Å². The number of rotatable bonds is 6. The van der Waals surface area contributed by atoms with E-state index in [0.29, 0.717) is 17.0 Å². The van der Waals surface area contributed by atoms with E-state index in [1.807, 2.05) is 70.2 Å². The summed E-state index contributed by atoms with van der Waals surface area (Å²) in [6.45, 7) is 14.3. The Kier molecular flexibility index (Phi) is 6.56. The van der Waals surface area contributed by atoms with Crippen molar-refractivity contribution in [3.63, 3.8) is 0 Å². The van der Waals surface area contributed by atoms with Crippen molar-refractivity contribution in [1.29, 1.82) is 0 Å². The van der Waals surface area contributed by atoms with Crippen LogP contribution in [0.25, 0.3) is 5.57 Å².